The van der Waals surface area contributed by atoms with Crippen molar-refractivity contribution in [2.45, 2.75) is 45.3 Å². The van der Waals surface area contributed by atoms with Gasteiger partial charge < -0.3 is 15.2 Å². The van der Waals surface area contributed by atoms with Crippen molar-refractivity contribution >= 4 is 15.9 Å². The summed E-state index contributed by atoms with van der Waals surface area (Å²) >= 11 is 3.37. The van der Waals surface area contributed by atoms with E-state index in [9.17, 15) is 5.11 Å². The van der Waals surface area contributed by atoms with Gasteiger partial charge in [-0.3, -0.25) is 0 Å². The molecular formula is C15H24BrNO2. The Balaban J connectivity index is 2.31. The molecule has 0 saturated heterocycles. The Kier molecular flexibility index (Phi) is 6.83. The van der Waals surface area contributed by atoms with Crippen molar-refractivity contribution in [2.75, 3.05) is 13.2 Å². The van der Waals surface area contributed by atoms with Crippen LogP contribution in [-0.4, -0.2) is 29.9 Å². The number of benzene rings is 1. The molecule has 0 radical (unpaired) electrons. The van der Waals surface area contributed by atoms with E-state index in [1.165, 1.54) is 0 Å². The molecule has 2 N–H and O–H groups in total. The average molecular weight is 330 g/mol. The first-order valence-electron chi connectivity index (χ1n) is 6.80. The van der Waals surface area contributed by atoms with Gasteiger partial charge in [-0.15, -0.1) is 0 Å². The summed E-state index contributed by atoms with van der Waals surface area (Å²) in [6.07, 6.45) is 1.59. The second-order valence-electron chi connectivity index (χ2n) is 5.07. The molecule has 1 atom stereocenters. The summed E-state index contributed by atoms with van der Waals surface area (Å²) in [6, 6.07) is 7.61. The summed E-state index contributed by atoms with van der Waals surface area (Å²) in [6.45, 7) is 7.34. The zero-order valence-electron chi connectivity index (χ0n) is 11.9. The van der Waals surface area contributed by atoms with Crippen LogP contribution in [0.2, 0.25) is 0 Å². The molecule has 0 aliphatic carbocycles. The molecule has 1 unspecified atom stereocenters. The Bertz CT molecular complexity index is 363. The van der Waals surface area contributed by atoms with Crippen LogP contribution in [0.1, 0.15) is 33.6 Å². The van der Waals surface area contributed by atoms with Gasteiger partial charge >= 0.3 is 0 Å². The predicted octanol–water partition coefficient (Wildman–Crippen LogP) is 3.36. The van der Waals surface area contributed by atoms with Crippen LogP contribution in [0.25, 0.3) is 0 Å². The third-order valence-electron chi connectivity index (χ3n) is 3.58. The van der Waals surface area contributed by atoms with Gasteiger partial charge in [0.1, 0.15) is 18.5 Å². The quantitative estimate of drug-likeness (QED) is 0.768. The van der Waals surface area contributed by atoms with Crippen molar-refractivity contribution in [1.29, 1.82) is 0 Å². The molecule has 0 fully saturated rings. The minimum absolute atomic E-state index is 0.0958. The Morgan fingerprint density at radius 2 is 1.84 bits per heavy atom. The second kappa shape index (κ2) is 7.88. The van der Waals surface area contributed by atoms with E-state index in [0.717, 1.165) is 23.1 Å². The third-order valence-corrected chi connectivity index (χ3v) is 4.11. The van der Waals surface area contributed by atoms with Crippen LogP contribution in [0.5, 0.6) is 5.75 Å². The van der Waals surface area contributed by atoms with Gasteiger partial charge in [-0.1, -0.05) is 29.8 Å². The maximum absolute atomic E-state index is 9.92. The lowest BCUT2D eigenvalue weighted by Crippen LogP contribution is -2.46. The number of aliphatic hydroxyl groups is 1. The molecule has 19 heavy (non-hydrogen) atoms. The molecule has 0 amide bonds. The van der Waals surface area contributed by atoms with E-state index in [1.54, 1.807) is 0 Å². The van der Waals surface area contributed by atoms with Gasteiger partial charge in [-0.05, 0) is 44.0 Å². The first kappa shape index (κ1) is 16.5. The highest BCUT2D eigenvalue weighted by molar-refractivity contribution is 9.10. The molecule has 1 aromatic rings. The molecule has 0 saturated carbocycles. The molecular weight excluding hydrogens is 306 g/mol. The fraction of sp³-hybridized carbons (Fsp3) is 0.600. The maximum atomic E-state index is 9.92. The van der Waals surface area contributed by atoms with E-state index < -0.39 is 6.10 Å². The fourth-order valence-electron chi connectivity index (χ4n) is 1.65. The number of hydrogen-bond acceptors (Lipinski definition) is 3. The van der Waals surface area contributed by atoms with E-state index in [1.807, 2.05) is 24.3 Å². The van der Waals surface area contributed by atoms with Gasteiger partial charge in [-0.2, -0.15) is 0 Å². The fourth-order valence-corrected chi connectivity index (χ4v) is 1.91. The highest BCUT2D eigenvalue weighted by Crippen LogP contribution is 2.16. The monoisotopic (exact) mass is 329 g/mol. The smallest absolute Gasteiger partial charge is 0.119 e. The number of halogens is 1. The minimum atomic E-state index is -0.499. The van der Waals surface area contributed by atoms with Gasteiger partial charge in [0, 0.05) is 16.6 Å². The van der Waals surface area contributed by atoms with Crippen LogP contribution in [0, 0.1) is 0 Å². The number of aliphatic hydroxyl groups excluding tert-OH is 1. The lowest BCUT2D eigenvalue weighted by atomic mass is 9.95. The summed E-state index contributed by atoms with van der Waals surface area (Å²) in [4.78, 5) is 0. The van der Waals surface area contributed by atoms with Crippen LogP contribution in [0.4, 0.5) is 0 Å². The maximum Gasteiger partial charge on any atom is 0.119 e. The Labute approximate surface area is 124 Å². The number of nitrogens with one attached hydrogen (secondary N) is 1. The van der Waals surface area contributed by atoms with Gasteiger partial charge in [0.05, 0.1) is 0 Å². The molecule has 0 spiro atoms. The number of rotatable bonds is 8. The number of ether oxygens (including phenoxy) is 1. The average Bonchev–Trinajstić information content (AvgIpc) is 2.44. The van der Waals surface area contributed by atoms with Crippen molar-refractivity contribution in [2.24, 2.45) is 0 Å². The van der Waals surface area contributed by atoms with Crippen LogP contribution < -0.4 is 10.1 Å². The normalized spacial score (nSPS) is 13.3. The van der Waals surface area contributed by atoms with Crippen molar-refractivity contribution in [3.05, 3.63) is 28.7 Å². The van der Waals surface area contributed by atoms with Crippen LogP contribution in [-0.2, 0) is 0 Å². The molecule has 0 bridgehead atoms. The van der Waals surface area contributed by atoms with E-state index >= 15 is 0 Å². The van der Waals surface area contributed by atoms with E-state index in [4.69, 9.17) is 4.74 Å². The molecule has 0 aliphatic rings. The SMILES string of the molecule is CCC(C)(CC)NCC(O)COc1ccc(Br)cc1. The van der Waals surface area contributed by atoms with Crippen LogP contribution in [0.3, 0.4) is 0 Å². The summed E-state index contributed by atoms with van der Waals surface area (Å²) in [5.41, 5.74) is 0.0958. The summed E-state index contributed by atoms with van der Waals surface area (Å²) < 4.78 is 6.56. The van der Waals surface area contributed by atoms with Gasteiger partial charge in [0.25, 0.3) is 0 Å². The predicted molar refractivity (Wildman–Crippen MR) is 82.6 cm³/mol. The van der Waals surface area contributed by atoms with Crippen LogP contribution in [0.15, 0.2) is 28.7 Å². The second-order valence-corrected chi connectivity index (χ2v) is 5.98. The number of β-amino-alcohol motifs (C(OH)–C–C–N with tert-alkyl or cyclic N) is 1. The zero-order valence-corrected chi connectivity index (χ0v) is 13.5. The molecule has 1 rings (SSSR count). The lowest BCUT2D eigenvalue weighted by Gasteiger charge is -2.29. The summed E-state index contributed by atoms with van der Waals surface area (Å²) in [5, 5.41) is 13.3. The van der Waals surface area contributed by atoms with Gasteiger partial charge in [0.15, 0.2) is 0 Å². The molecule has 108 valence electrons. The molecule has 0 aliphatic heterocycles. The van der Waals surface area contributed by atoms with Crippen molar-refractivity contribution in [3.63, 3.8) is 0 Å². The van der Waals surface area contributed by atoms with Gasteiger partial charge in [-0.25, -0.2) is 0 Å². The minimum Gasteiger partial charge on any atom is -0.491 e. The Hall–Kier alpha value is -0.580. The van der Waals surface area contributed by atoms with Crippen molar-refractivity contribution in [3.8, 4) is 5.75 Å². The highest BCUT2D eigenvalue weighted by Gasteiger charge is 2.19. The summed E-state index contributed by atoms with van der Waals surface area (Å²) in [7, 11) is 0. The van der Waals surface area contributed by atoms with Crippen molar-refractivity contribution in [1.82, 2.24) is 5.32 Å². The Morgan fingerprint density at radius 3 is 2.37 bits per heavy atom. The highest BCUT2D eigenvalue weighted by atomic mass is 79.9. The van der Waals surface area contributed by atoms with Gasteiger partial charge in [0.2, 0.25) is 0 Å². The largest absolute Gasteiger partial charge is 0.491 e. The third kappa shape index (κ3) is 5.93. The van der Waals surface area contributed by atoms with E-state index in [0.29, 0.717) is 13.2 Å². The van der Waals surface area contributed by atoms with E-state index in [-0.39, 0.29) is 5.54 Å². The molecule has 1 aromatic carbocycles. The standard InChI is InChI=1S/C15H24BrNO2/c1-4-15(3,5-2)17-10-13(18)11-19-14-8-6-12(16)7-9-14/h6-9,13,17-18H,4-5,10-11H2,1-3H3. The van der Waals surface area contributed by atoms with E-state index in [2.05, 4.69) is 42.0 Å². The first-order valence-corrected chi connectivity index (χ1v) is 7.60. The lowest BCUT2D eigenvalue weighted by molar-refractivity contribution is 0.0966. The molecule has 0 heterocycles. The number of hydrogen-bond donors (Lipinski definition) is 2. The van der Waals surface area contributed by atoms with Crippen molar-refractivity contribution < 1.29 is 9.84 Å². The van der Waals surface area contributed by atoms with Crippen LogP contribution >= 0.6 is 15.9 Å². The zero-order chi connectivity index (χ0) is 14.3. The Morgan fingerprint density at radius 1 is 1.26 bits per heavy atom. The molecule has 0 aromatic heterocycles. The summed E-state index contributed by atoms with van der Waals surface area (Å²) in [5.74, 6) is 0.774. The molecule has 4 heteroatoms. The first-order chi connectivity index (χ1) is 8.99. The molecule has 3 nitrogen and oxygen atoms in total. The topological polar surface area (TPSA) is 41.5 Å².